The number of ether oxygens (including phenoxy) is 1. The standard InChI is InChI=1S/C34H56O2/c1-10-12-30(35)36-29-19-20-32(7)26-18-22-33(8)25(24(4)14-11-13-23(2)3)17-21-34(33,9)27(26)15-16-28(32)31(29,5)6/h13,24-25,28-29H,10-12,14-22H2,1-9H3/t24-,25-,28+,29+,32-,33-,34+/m1/s1. The van der Waals surface area contributed by atoms with Crippen LogP contribution in [0, 0.1) is 39.4 Å². The van der Waals surface area contributed by atoms with Gasteiger partial charge in [0.25, 0.3) is 0 Å². The molecule has 4 aliphatic carbocycles. The molecule has 4 rings (SSSR count). The van der Waals surface area contributed by atoms with Crippen LogP contribution in [0.1, 0.15) is 139 Å². The first kappa shape index (κ1) is 28.0. The molecule has 0 radical (unpaired) electrons. The van der Waals surface area contributed by atoms with E-state index in [1.807, 2.05) is 11.1 Å². The number of rotatable bonds is 7. The Morgan fingerprint density at radius 3 is 2.39 bits per heavy atom. The molecule has 0 saturated heterocycles. The maximum absolute atomic E-state index is 12.4. The molecule has 204 valence electrons. The van der Waals surface area contributed by atoms with Gasteiger partial charge in [-0.2, -0.15) is 0 Å². The van der Waals surface area contributed by atoms with Gasteiger partial charge in [-0.15, -0.1) is 0 Å². The molecule has 0 aliphatic heterocycles. The largest absolute Gasteiger partial charge is 0.462 e. The van der Waals surface area contributed by atoms with Gasteiger partial charge >= 0.3 is 5.97 Å². The van der Waals surface area contributed by atoms with Crippen molar-refractivity contribution >= 4 is 5.97 Å². The van der Waals surface area contributed by atoms with Crippen LogP contribution in [0.5, 0.6) is 0 Å². The maximum atomic E-state index is 12.4. The van der Waals surface area contributed by atoms with E-state index in [1.165, 1.54) is 63.4 Å². The van der Waals surface area contributed by atoms with Crippen molar-refractivity contribution in [3.05, 3.63) is 22.8 Å². The van der Waals surface area contributed by atoms with Crippen molar-refractivity contribution in [2.45, 2.75) is 145 Å². The van der Waals surface area contributed by atoms with Crippen molar-refractivity contribution in [2.75, 3.05) is 0 Å². The zero-order chi connectivity index (χ0) is 26.5. The number of esters is 1. The zero-order valence-corrected chi connectivity index (χ0v) is 25.2. The normalized spacial score (nSPS) is 40.1. The molecule has 0 bridgehead atoms. The van der Waals surface area contributed by atoms with Gasteiger partial charge in [-0.05, 0) is 118 Å². The molecule has 0 heterocycles. The van der Waals surface area contributed by atoms with Gasteiger partial charge in [0.2, 0.25) is 0 Å². The minimum atomic E-state index is 0.00606. The van der Waals surface area contributed by atoms with Gasteiger partial charge in [-0.1, -0.05) is 71.3 Å². The third-order valence-electron chi connectivity index (χ3n) is 12.3. The van der Waals surface area contributed by atoms with Gasteiger partial charge in [0.1, 0.15) is 6.10 Å². The Balaban J connectivity index is 1.59. The number of allylic oxidation sites excluding steroid dienone is 4. The predicted molar refractivity (Wildman–Crippen MR) is 152 cm³/mol. The fraction of sp³-hybridized carbons (Fsp3) is 0.853. The zero-order valence-electron chi connectivity index (χ0n) is 25.2. The van der Waals surface area contributed by atoms with E-state index in [9.17, 15) is 4.79 Å². The smallest absolute Gasteiger partial charge is 0.306 e. The van der Waals surface area contributed by atoms with E-state index in [-0.39, 0.29) is 22.9 Å². The van der Waals surface area contributed by atoms with Gasteiger partial charge in [-0.25, -0.2) is 0 Å². The summed E-state index contributed by atoms with van der Waals surface area (Å²) in [4.78, 5) is 12.4. The van der Waals surface area contributed by atoms with E-state index in [1.54, 1.807) is 0 Å². The van der Waals surface area contributed by atoms with Crippen molar-refractivity contribution in [1.29, 1.82) is 0 Å². The Morgan fingerprint density at radius 2 is 1.72 bits per heavy atom. The van der Waals surface area contributed by atoms with Gasteiger partial charge < -0.3 is 4.74 Å². The van der Waals surface area contributed by atoms with Gasteiger partial charge in [0.05, 0.1) is 0 Å². The average molecular weight is 497 g/mol. The number of carbonyl (C=O) groups is 1. The lowest BCUT2D eigenvalue weighted by atomic mass is 9.43. The highest BCUT2D eigenvalue weighted by atomic mass is 16.5. The summed E-state index contributed by atoms with van der Waals surface area (Å²) in [6, 6.07) is 0. The molecule has 2 nitrogen and oxygen atoms in total. The summed E-state index contributed by atoms with van der Waals surface area (Å²) in [5.41, 5.74) is 6.26. The third-order valence-corrected chi connectivity index (χ3v) is 12.3. The lowest BCUT2D eigenvalue weighted by Gasteiger charge is -2.62. The molecule has 0 aromatic rings. The fourth-order valence-electron chi connectivity index (χ4n) is 10.1. The van der Waals surface area contributed by atoms with Crippen LogP contribution in [0.25, 0.3) is 0 Å². The Bertz CT molecular complexity index is 904. The van der Waals surface area contributed by atoms with Crippen molar-refractivity contribution in [3.63, 3.8) is 0 Å². The Hall–Kier alpha value is -1.05. The minimum absolute atomic E-state index is 0.00606. The van der Waals surface area contributed by atoms with Crippen LogP contribution in [0.3, 0.4) is 0 Å². The van der Waals surface area contributed by atoms with Crippen LogP contribution in [-0.4, -0.2) is 12.1 Å². The first-order valence-electron chi connectivity index (χ1n) is 15.4. The van der Waals surface area contributed by atoms with Gasteiger partial charge in [0, 0.05) is 11.8 Å². The van der Waals surface area contributed by atoms with E-state index in [0.29, 0.717) is 23.2 Å². The molecule has 0 spiro atoms. The minimum Gasteiger partial charge on any atom is -0.462 e. The van der Waals surface area contributed by atoms with Gasteiger partial charge in [-0.3, -0.25) is 4.79 Å². The molecule has 2 heteroatoms. The molecule has 2 fully saturated rings. The molecule has 4 aliphatic rings. The molecule has 36 heavy (non-hydrogen) atoms. The number of hydrogen-bond donors (Lipinski definition) is 0. The summed E-state index contributed by atoms with van der Waals surface area (Å²) in [6.45, 7) is 21.8. The first-order chi connectivity index (χ1) is 16.8. The summed E-state index contributed by atoms with van der Waals surface area (Å²) < 4.78 is 6.11. The van der Waals surface area contributed by atoms with Crippen molar-refractivity contribution in [3.8, 4) is 0 Å². The lowest BCUT2D eigenvalue weighted by molar-refractivity contribution is -0.169. The second-order valence-electron chi connectivity index (χ2n) is 14.8. The highest BCUT2D eigenvalue weighted by Gasteiger charge is 2.63. The van der Waals surface area contributed by atoms with Crippen LogP contribution in [0.4, 0.5) is 0 Å². The van der Waals surface area contributed by atoms with Crippen LogP contribution in [-0.2, 0) is 9.53 Å². The highest BCUT2D eigenvalue weighted by molar-refractivity contribution is 5.69. The lowest BCUT2D eigenvalue weighted by Crippen LogP contribution is -2.55. The van der Waals surface area contributed by atoms with E-state index < -0.39 is 0 Å². The van der Waals surface area contributed by atoms with Crippen molar-refractivity contribution < 1.29 is 9.53 Å². The molecule has 0 unspecified atom stereocenters. The molecular weight excluding hydrogens is 440 g/mol. The number of carbonyl (C=O) groups excluding carboxylic acids is 1. The van der Waals surface area contributed by atoms with Crippen molar-refractivity contribution in [2.24, 2.45) is 39.4 Å². The van der Waals surface area contributed by atoms with Gasteiger partial charge in [0.15, 0.2) is 0 Å². The monoisotopic (exact) mass is 496 g/mol. The van der Waals surface area contributed by atoms with E-state index in [2.05, 4.69) is 68.4 Å². The van der Waals surface area contributed by atoms with Crippen molar-refractivity contribution in [1.82, 2.24) is 0 Å². The summed E-state index contributed by atoms with van der Waals surface area (Å²) in [7, 11) is 0. The van der Waals surface area contributed by atoms with Crippen LogP contribution >= 0.6 is 0 Å². The SMILES string of the molecule is CCCC(=O)O[C@H]1CC[C@]2(C)C3=C(CC[C@H]2C1(C)C)[C@]1(C)CC[C@H]([C@H](C)CCC=C(C)C)[C@@]1(C)CC3. The summed E-state index contributed by atoms with van der Waals surface area (Å²) in [5, 5.41) is 0. The fourth-order valence-corrected chi connectivity index (χ4v) is 10.1. The molecule has 0 aromatic carbocycles. The topological polar surface area (TPSA) is 26.3 Å². The molecule has 0 aromatic heterocycles. The Kier molecular flexibility index (Phi) is 7.71. The Labute approximate surface area is 223 Å². The highest BCUT2D eigenvalue weighted by Crippen LogP contribution is 2.72. The van der Waals surface area contributed by atoms with Crippen LogP contribution in [0.15, 0.2) is 22.8 Å². The molecule has 2 saturated carbocycles. The summed E-state index contributed by atoms with van der Waals surface area (Å²) in [6.07, 6.45) is 16.7. The first-order valence-corrected chi connectivity index (χ1v) is 15.4. The van der Waals surface area contributed by atoms with Crippen LogP contribution in [0.2, 0.25) is 0 Å². The van der Waals surface area contributed by atoms with Crippen LogP contribution < -0.4 is 0 Å². The maximum Gasteiger partial charge on any atom is 0.306 e. The number of fused-ring (bicyclic) bond motifs is 4. The summed E-state index contributed by atoms with van der Waals surface area (Å²) in [5.74, 6) is 2.25. The molecular formula is C34H56O2. The Morgan fingerprint density at radius 1 is 1.00 bits per heavy atom. The second-order valence-corrected chi connectivity index (χ2v) is 14.8. The molecule has 7 atom stereocenters. The summed E-state index contributed by atoms with van der Waals surface area (Å²) >= 11 is 0. The van der Waals surface area contributed by atoms with E-state index >= 15 is 0 Å². The predicted octanol–water partition coefficient (Wildman–Crippen LogP) is 9.83. The third kappa shape index (κ3) is 4.35. The van der Waals surface area contributed by atoms with E-state index in [4.69, 9.17) is 4.74 Å². The average Bonchev–Trinajstić information content (AvgIpc) is 3.07. The quantitative estimate of drug-likeness (QED) is 0.259. The molecule has 0 N–H and O–H groups in total. The van der Waals surface area contributed by atoms with E-state index in [0.717, 1.165) is 24.7 Å². The molecule has 0 amide bonds. The number of hydrogen-bond acceptors (Lipinski definition) is 2. The second kappa shape index (κ2) is 9.92.